The van der Waals surface area contributed by atoms with E-state index in [2.05, 4.69) is 4.98 Å². The van der Waals surface area contributed by atoms with Gasteiger partial charge in [0.15, 0.2) is 0 Å². The van der Waals surface area contributed by atoms with Gasteiger partial charge in [0, 0.05) is 29.2 Å². The van der Waals surface area contributed by atoms with Crippen LogP contribution in [0.3, 0.4) is 0 Å². The lowest BCUT2D eigenvalue weighted by atomic mass is 10.2. The van der Waals surface area contributed by atoms with Crippen molar-refractivity contribution >= 4 is 26.8 Å². The van der Waals surface area contributed by atoms with Crippen molar-refractivity contribution in [2.24, 2.45) is 0 Å². The molecular formula is C14H16N2O4S. The third kappa shape index (κ3) is 3.03. The summed E-state index contributed by atoms with van der Waals surface area (Å²) in [6.07, 6.45) is 3.09. The molecule has 0 unspecified atom stereocenters. The molecule has 1 aromatic carbocycles. The number of nitrogens with zero attached hydrogens (tertiary/aromatic N) is 2. The van der Waals surface area contributed by atoms with Crippen LogP contribution >= 0.6 is 0 Å². The number of carboxylic acid groups (broad SMARTS) is 1. The highest BCUT2D eigenvalue weighted by atomic mass is 32.2. The molecule has 0 aliphatic carbocycles. The smallest absolute Gasteiger partial charge is 0.318 e. The van der Waals surface area contributed by atoms with Crippen LogP contribution in [0.25, 0.3) is 10.8 Å². The number of hydrogen-bond acceptors (Lipinski definition) is 4. The molecule has 1 aromatic heterocycles. The average Bonchev–Trinajstić information content (AvgIpc) is 2.43. The number of carboxylic acids is 1. The van der Waals surface area contributed by atoms with E-state index in [-0.39, 0.29) is 4.90 Å². The minimum Gasteiger partial charge on any atom is -0.480 e. The van der Waals surface area contributed by atoms with Crippen molar-refractivity contribution in [1.82, 2.24) is 9.29 Å². The Bertz CT molecular complexity index is 766. The van der Waals surface area contributed by atoms with Gasteiger partial charge in [-0.25, -0.2) is 8.42 Å². The molecule has 0 bridgehead atoms. The fraction of sp³-hybridized carbons (Fsp3) is 0.286. The number of rotatable bonds is 5. The molecule has 0 saturated heterocycles. The van der Waals surface area contributed by atoms with E-state index in [9.17, 15) is 13.2 Å². The summed E-state index contributed by atoms with van der Waals surface area (Å²) in [5.41, 5.74) is 0. The summed E-state index contributed by atoms with van der Waals surface area (Å²) in [5.74, 6) is -1.19. The summed E-state index contributed by atoms with van der Waals surface area (Å²) in [6.45, 7) is 2.72. The third-order valence-electron chi connectivity index (χ3n) is 3.09. The second-order valence-electron chi connectivity index (χ2n) is 4.89. The van der Waals surface area contributed by atoms with E-state index in [1.165, 1.54) is 12.3 Å². The lowest BCUT2D eigenvalue weighted by molar-refractivity contribution is -0.137. The number of sulfonamides is 1. The predicted octanol–water partition coefficient (Wildman–Crippen LogP) is 1.72. The van der Waals surface area contributed by atoms with E-state index in [1.807, 2.05) is 0 Å². The number of pyridine rings is 1. The summed E-state index contributed by atoms with van der Waals surface area (Å²) < 4.78 is 26.5. The maximum Gasteiger partial charge on any atom is 0.318 e. The van der Waals surface area contributed by atoms with Crippen molar-refractivity contribution in [3.63, 3.8) is 0 Å². The van der Waals surface area contributed by atoms with Gasteiger partial charge in [-0.05, 0) is 26.0 Å². The Balaban J connectivity index is 2.62. The van der Waals surface area contributed by atoms with Crippen molar-refractivity contribution < 1.29 is 18.3 Å². The summed E-state index contributed by atoms with van der Waals surface area (Å²) >= 11 is 0. The Morgan fingerprint density at radius 3 is 2.67 bits per heavy atom. The molecule has 0 amide bonds. The number of benzene rings is 1. The fourth-order valence-corrected chi connectivity index (χ4v) is 3.92. The SMILES string of the molecule is CC(C)N(CC(=O)O)S(=O)(=O)c1cccc2cnccc12. The molecule has 112 valence electrons. The van der Waals surface area contributed by atoms with Crippen molar-refractivity contribution in [1.29, 1.82) is 0 Å². The van der Waals surface area contributed by atoms with Crippen LogP contribution in [0.4, 0.5) is 0 Å². The van der Waals surface area contributed by atoms with Gasteiger partial charge < -0.3 is 5.11 Å². The van der Waals surface area contributed by atoms with Crippen LogP contribution in [0.2, 0.25) is 0 Å². The molecule has 1 N–H and O–H groups in total. The molecule has 0 aliphatic rings. The summed E-state index contributed by atoms with van der Waals surface area (Å²) in [4.78, 5) is 15.0. The van der Waals surface area contributed by atoms with Crippen LogP contribution in [0, 0.1) is 0 Å². The van der Waals surface area contributed by atoms with E-state index in [1.54, 1.807) is 38.2 Å². The van der Waals surface area contributed by atoms with Crippen molar-refractivity contribution in [3.05, 3.63) is 36.7 Å². The van der Waals surface area contributed by atoms with Gasteiger partial charge >= 0.3 is 5.97 Å². The van der Waals surface area contributed by atoms with Gasteiger partial charge in [-0.3, -0.25) is 9.78 Å². The molecule has 21 heavy (non-hydrogen) atoms. The molecule has 1 heterocycles. The number of carbonyl (C=O) groups is 1. The zero-order valence-corrected chi connectivity index (χ0v) is 12.5. The lowest BCUT2D eigenvalue weighted by Gasteiger charge is -2.24. The Morgan fingerprint density at radius 1 is 1.33 bits per heavy atom. The van der Waals surface area contributed by atoms with Gasteiger partial charge in [-0.2, -0.15) is 4.31 Å². The number of aliphatic carboxylic acids is 1. The van der Waals surface area contributed by atoms with E-state index >= 15 is 0 Å². The molecule has 0 saturated carbocycles. The Hall–Kier alpha value is -1.99. The topological polar surface area (TPSA) is 87.6 Å². The van der Waals surface area contributed by atoms with Gasteiger partial charge in [0.2, 0.25) is 10.0 Å². The Labute approximate surface area is 123 Å². The van der Waals surface area contributed by atoms with Crippen LogP contribution in [0.5, 0.6) is 0 Å². The highest BCUT2D eigenvalue weighted by Crippen LogP contribution is 2.26. The molecule has 2 aromatic rings. The van der Waals surface area contributed by atoms with Crippen LogP contribution in [0.15, 0.2) is 41.6 Å². The second-order valence-corrected chi connectivity index (χ2v) is 6.75. The zero-order chi connectivity index (χ0) is 15.6. The van der Waals surface area contributed by atoms with Gasteiger partial charge in [-0.15, -0.1) is 0 Å². The summed E-state index contributed by atoms with van der Waals surface area (Å²) in [7, 11) is -3.90. The van der Waals surface area contributed by atoms with Crippen LogP contribution in [0.1, 0.15) is 13.8 Å². The Kier molecular flexibility index (Phi) is 4.24. The van der Waals surface area contributed by atoms with Gasteiger partial charge in [-0.1, -0.05) is 12.1 Å². The van der Waals surface area contributed by atoms with E-state index in [0.29, 0.717) is 10.8 Å². The zero-order valence-electron chi connectivity index (χ0n) is 11.7. The number of fused-ring (bicyclic) bond motifs is 1. The molecule has 0 atom stereocenters. The molecular weight excluding hydrogens is 292 g/mol. The maximum absolute atomic E-state index is 12.8. The van der Waals surface area contributed by atoms with Gasteiger partial charge in [0.1, 0.15) is 6.54 Å². The normalized spacial score (nSPS) is 12.2. The minimum absolute atomic E-state index is 0.0948. The minimum atomic E-state index is -3.90. The Morgan fingerprint density at radius 2 is 2.05 bits per heavy atom. The first-order valence-electron chi connectivity index (χ1n) is 6.40. The van der Waals surface area contributed by atoms with Crippen LogP contribution in [-0.2, 0) is 14.8 Å². The average molecular weight is 308 g/mol. The van der Waals surface area contributed by atoms with Crippen molar-refractivity contribution in [2.45, 2.75) is 24.8 Å². The van der Waals surface area contributed by atoms with Crippen molar-refractivity contribution in [2.75, 3.05) is 6.54 Å². The van der Waals surface area contributed by atoms with E-state index in [4.69, 9.17) is 5.11 Å². The molecule has 6 nitrogen and oxygen atoms in total. The first kappa shape index (κ1) is 15.4. The highest BCUT2D eigenvalue weighted by molar-refractivity contribution is 7.89. The fourth-order valence-electron chi connectivity index (χ4n) is 2.12. The second kappa shape index (κ2) is 5.79. The van der Waals surface area contributed by atoms with E-state index < -0.39 is 28.6 Å². The van der Waals surface area contributed by atoms with Crippen LogP contribution < -0.4 is 0 Å². The highest BCUT2D eigenvalue weighted by Gasteiger charge is 2.30. The van der Waals surface area contributed by atoms with Gasteiger partial charge in [0.25, 0.3) is 0 Å². The quantitative estimate of drug-likeness (QED) is 0.908. The first-order valence-corrected chi connectivity index (χ1v) is 7.84. The number of aromatic nitrogens is 1. The number of hydrogen-bond donors (Lipinski definition) is 1. The first-order chi connectivity index (χ1) is 9.84. The standard InChI is InChI=1S/C14H16N2O4S/c1-10(2)16(9-14(17)18)21(19,20)13-5-3-4-11-8-15-7-6-12(11)13/h3-8,10H,9H2,1-2H3,(H,17,18). The van der Waals surface area contributed by atoms with E-state index in [0.717, 1.165) is 4.31 Å². The lowest BCUT2D eigenvalue weighted by Crippen LogP contribution is -2.40. The summed E-state index contributed by atoms with van der Waals surface area (Å²) in [5, 5.41) is 10.2. The molecule has 0 aliphatic heterocycles. The summed E-state index contributed by atoms with van der Waals surface area (Å²) in [6, 6.07) is 6.02. The molecule has 0 spiro atoms. The maximum atomic E-state index is 12.8. The third-order valence-corrected chi connectivity index (χ3v) is 5.17. The van der Waals surface area contributed by atoms with Gasteiger partial charge in [0.05, 0.1) is 4.90 Å². The van der Waals surface area contributed by atoms with Crippen molar-refractivity contribution in [3.8, 4) is 0 Å². The molecule has 2 rings (SSSR count). The molecule has 0 radical (unpaired) electrons. The predicted molar refractivity (Wildman–Crippen MR) is 78.4 cm³/mol. The largest absolute Gasteiger partial charge is 0.480 e. The van der Waals surface area contributed by atoms with Crippen LogP contribution in [-0.4, -0.2) is 41.4 Å². The molecule has 0 fully saturated rings. The molecule has 7 heteroatoms. The monoisotopic (exact) mass is 308 g/mol.